The Morgan fingerprint density at radius 2 is 1.77 bits per heavy atom. The van der Waals surface area contributed by atoms with Crippen molar-refractivity contribution < 1.29 is 14.6 Å². The van der Waals surface area contributed by atoms with Crippen LogP contribution in [0.2, 0.25) is 0 Å². The zero-order valence-corrected chi connectivity index (χ0v) is 15.1. The average molecular weight is 354 g/mol. The number of nitrogens with one attached hydrogen (secondary N) is 1. The second kappa shape index (κ2) is 8.45. The molecule has 0 aliphatic carbocycles. The van der Waals surface area contributed by atoms with Crippen LogP contribution in [0.4, 0.5) is 0 Å². The second-order valence-corrected chi connectivity index (χ2v) is 6.72. The van der Waals surface area contributed by atoms with Crippen LogP contribution in [0.15, 0.2) is 60.7 Å². The fourth-order valence-electron chi connectivity index (χ4n) is 3.48. The van der Waals surface area contributed by atoms with Crippen LogP contribution in [0, 0.1) is 0 Å². The van der Waals surface area contributed by atoms with Crippen LogP contribution >= 0.6 is 0 Å². The fourth-order valence-corrected chi connectivity index (χ4v) is 3.48. The number of benzene rings is 2. The lowest BCUT2D eigenvalue weighted by Crippen LogP contribution is -2.64. The van der Waals surface area contributed by atoms with Crippen LogP contribution in [0.25, 0.3) is 0 Å². The number of rotatable bonds is 7. The lowest BCUT2D eigenvalue weighted by molar-refractivity contribution is -0.162. The van der Waals surface area contributed by atoms with Gasteiger partial charge in [0, 0.05) is 19.5 Å². The van der Waals surface area contributed by atoms with E-state index in [-0.39, 0.29) is 12.6 Å². The number of β-amino-alcohol motifs (C(OH)–C–C–N with tert-alkyl or cyclic N) is 1. The Labute approximate surface area is 154 Å². The summed E-state index contributed by atoms with van der Waals surface area (Å²) in [5, 5.41) is 13.2. The Morgan fingerprint density at radius 3 is 2.31 bits per heavy atom. The number of likely N-dealkylation sites (N-methyl/N-ethyl adjacent to an activating group) is 1. The Hall–Kier alpha value is -2.21. The van der Waals surface area contributed by atoms with Crippen LogP contribution in [0.1, 0.15) is 17.5 Å². The van der Waals surface area contributed by atoms with E-state index in [1.54, 1.807) is 7.05 Å². The van der Waals surface area contributed by atoms with Gasteiger partial charge in [0.15, 0.2) is 5.66 Å². The summed E-state index contributed by atoms with van der Waals surface area (Å²) >= 11 is 0. The molecular weight excluding hydrogens is 328 g/mol. The Balaban J connectivity index is 1.82. The van der Waals surface area contributed by atoms with Gasteiger partial charge in [0.25, 0.3) is 0 Å². The van der Waals surface area contributed by atoms with Crippen molar-refractivity contribution >= 4 is 5.97 Å². The van der Waals surface area contributed by atoms with Gasteiger partial charge in [-0.2, -0.15) is 0 Å². The number of carbonyl (C=O) groups is 1. The smallest absolute Gasteiger partial charge is 0.342 e. The van der Waals surface area contributed by atoms with Gasteiger partial charge in [-0.15, -0.1) is 0 Å². The number of aliphatic hydroxyl groups excluding tert-OH is 1. The predicted octanol–water partition coefficient (Wildman–Crippen LogP) is 1.95. The van der Waals surface area contributed by atoms with Crippen LogP contribution in [0.3, 0.4) is 0 Å². The molecule has 1 heterocycles. The highest BCUT2D eigenvalue weighted by Gasteiger charge is 2.47. The van der Waals surface area contributed by atoms with Gasteiger partial charge in [-0.25, -0.2) is 4.79 Å². The first-order valence-electron chi connectivity index (χ1n) is 9.01. The SMILES string of the molecule is CNC(Cc1ccccc1)(C(=O)OCc1ccccc1)N1CC[C@H](O)C1. The van der Waals surface area contributed by atoms with Gasteiger partial charge < -0.3 is 9.84 Å². The number of ether oxygens (including phenoxy) is 1. The van der Waals surface area contributed by atoms with E-state index in [4.69, 9.17) is 4.74 Å². The molecule has 0 radical (unpaired) electrons. The molecule has 2 aromatic rings. The number of likely N-dealkylation sites (tertiary alicyclic amines) is 1. The Kier molecular flexibility index (Phi) is 6.04. The quantitative estimate of drug-likeness (QED) is 0.745. The number of hydrogen-bond donors (Lipinski definition) is 2. The molecule has 3 rings (SSSR count). The first kappa shape index (κ1) is 18.6. The Bertz CT molecular complexity index is 708. The van der Waals surface area contributed by atoms with Gasteiger partial charge in [-0.05, 0) is 24.6 Å². The van der Waals surface area contributed by atoms with E-state index in [0.29, 0.717) is 25.9 Å². The van der Waals surface area contributed by atoms with Crippen molar-refractivity contribution in [1.29, 1.82) is 0 Å². The van der Waals surface area contributed by atoms with Crippen molar-refractivity contribution in [1.82, 2.24) is 10.2 Å². The average Bonchev–Trinajstić information content (AvgIpc) is 3.12. The van der Waals surface area contributed by atoms with E-state index in [2.05, 4.69) is 5.32 Å². The fraction of sp³-hybridized carbons (Fsp3) is 0.381. The zero-order valence-electron chi connectivity index (χ0n) is 15.1. The first-order chi connectivity index (χ1) is 12.6. The molecule has 26 heavy (non-hydrogen) atoms. The normalized spacial score (nSPS) is 19.8. The molecule has 5 nitrogen and oxygen atoms in total. The number of carbonyl (C=O) groups excluding carboxylic acids is 1. The first-order valence-corrected chi connectivity index (χ1v) is 9.01. The number of nitrogens with zero attached hydrogens (tertiary/aromatic N) is 1. The molecule has 0 aromatic heterocycles. The van der Waals surface area contributed by atoms with E-state index >= 15 is 0 Å². The predicted molar refractivity (Wildman–Crippen MR) is 100 cm³/mol. The molecule has 0 spiro atoms. The van der Waals surface area contributed by atoms with Crippen LogP contribution in [-0.4, -0.2) is 47.9 Å². The molecule has 2 aromatic carbocycles. The van der Waals surface area contributed by atoms with Crippen molar-refractivity contribution in [3.05, 3.63) is 71.8 Å². The van der Waals surface area contributed by atoms with Crippen molar-refractivity contribution in [2.45, 2.75) is 31.2 Å². The summed E-state index contributed by atoms with van der Waals surface area (Å²) in [5.74, 6) is -0.318. The van der Waals surface area contributed by atoms with Gasteiger partial charge in [-0.3, -0.25) is 10.2 Å². The molecule has 0 amide bonds. The summed E-state index contributed by atoms with van der Waals surface area (Å²) in [4.78, 5) is 15.2. The van der Waals surface area contributed by atoms with Crippen molar-refractivity contribution in [2.24, 2.45) is 0 Å². The number of aliphatic hydroxyl groups is 1. The van der Waals surface area contributed by atoms with Crippen LogP contribution in [-0.2, 0) is 22.6 Å². The minimum absolute atomic E-state index is 0.230. The molecule has 1 aliphatic heterocycles. The third-order valence-corrected chi connectivity index (χ3v) is 4.97. The molecule has 1 fully saturated rings. The molecule has 0 saturated carbocycles. The number of hydrogen-bond acceptors (Lipinski definition) is 5. The lowest BCUT2D eigenvalue weighted by atomic mass is 9.97. The molecule has 2 N–H and O–H groups in total. The molecule has 2 atom stereocenters. The summed E-state index contributed by atoms with van der Waals surface area (Å²) in [6.45, 7) is 1.33. The van der Waals surface area contributed by atoms with E-state index < -0.39 is 11.8 Å². The molecule has 1 aliphatic rings. The van der Waals surface area contributed by atoms with Gasteiger partial charge in [0.2, 0.25) is 0 Å². The lowest BCUT2D eigenvalue weighted by Gasteiger charge is -2.39. The summed E-state index contributed by atoms with van der Waals surface area (Å²) in [5.41, 5.74) is 1.00. The van der Waals surface area contributed by atoms with E-state index in [0.717, 1.165) is 11.1 Å². The zero-order chi connectivity index (χ0) is 18.4. The van der Waals surface area contributed by atoms with Crippen molar-refractivity contribution in [3.63, 3.8) is 0 Å². The summed E-state index contributed by atoms with van der Waals surface area (Å²) in [7, 11) is 1.78. The molecule has 1 unspecified atom stereocenters. The molecule has 1 saturated heterocycles. The van der Waals surface area contributed by atoms with Crippen LogP contribution < -0.4 is 5.32 Å². The number of esters is 1. The standard InChI is InChI=1S/C21H26N2O3/c1-22-21(23-13-12-19(24)15-23,14-17-8-4-2-5-9-17)20(25)26-16-18-10-6-3-7-11-18/h2-11,19,22,24H,12-16H2,1H3/t19-,21?/m0/s1. The summed E-state index contributed by atoms with van der Waals surface area (Å²) in [6.07, 6.45) is 0.718. The van der Waals surface area contributed by atoms with E-state index in [1.165, 1.54) is 0 Å². The van der Waals surface area contributed by atoms with E-state index in [1.807, 2.05) is 65.6 Å². The summed E-state index contributed by atoms with van der Waals surface area (Å²) in [6, 6.07) is 19.5. The Morgan fingerprint density at radius 1 is 1.15 bits per heavy atom. The van der Waals surface area contributed by atoms with Gasteiger partial charge in [0.05, 0.1) is 6.10 Å². The van der Waals surface area contributed by atoms with Crippen molar-refractivity contribution in [2.75, 3.05) is 20.1 Å². The van der Waals surface area contributed by atoms with Crippen molar-refractivity contribution in [3.8, 4) is 0 Å². The van der Waals surface area contributed by atoms with Gasteiger partial charge >= 0.3 is 5.97 Å². The minimum atomic E-state index is -0.992. The third-order valence-electron chi connectivity index (χ3n) is 4.97. The maximum atomic E-state index is 13.2. The highest BCUT2D eigenvalue weighted by molar-refractivity contribution is 5.81. The molecular formula is C21H26N2O3. The largest absolute Gasteiger partial charge is 0.458 e. The molecule has 5 heteroatoms. The highest BCUT2D eigenvalue weighted by atomic mass is 16.5. The molecule has 138 valence electrons. The highest BCUT2D eigenvalue weighted by Crippen LogP contribution is 2.26. The molecule has 0 bridgehead atoms. The van der Waals surface area contributed by atoms with E-state index in [9.17, 15) is 9.90 Å². The summed E-state index contributed by atoms with van der Waals surface area (Å²) < 4.78 is 5.68. The van der Waals surface area contributed by atoms with Gasteiger partial charge in [0.1, 0.15) is 6.61 Å². The van der Waals surface area contributed by atoms with Crippen LogP contribution in [0.5, 0.6) is 0 Å². The van der Waals surface area contributed by atoms with Gasteiger partial charge in [-0.1, -0.05) is 60.7 Å². The third kappa shape index (κ3) is 4.12. The second-order valence-electron chi connectivity index (χ2n) is 6.72. The topological polar surface area (TPSA) is 61.8 Å². The monoisotopic (exact) mass is 354 g/mol. The maximum Gasteiger partial charge on any atom is 0.342 e. The minimum Gasteiger partial charge on any atom is -0.458 e. The maximum absolute atomic E-state index is 13.2.